The smallest absolute Gasteiger partial charge is 0.219 e. The highest BCUT2D eigenvalue weighted by Crippen LogP contribution is 2.26. The van der Waals surface area contributed by atoms with Crippen LogP contribution in [0.25, 0.3) is 0 Å². The molecule has 0 aliphatic rings. The molecule has 0 unspecified atom stereocenters. The van der Waals surface area contributed by atoms with Crippen LogP contribution in [0.15, 0.2) is 5.16 Å². The largest absolute Gasteiger partial charge is 0.396 e. The van der Waals surface area contributed by atoms with E-state index >= 15 is 0 Å². The highest BCUT2D eigenvalue weighted by atomic mass is 16.6. The van der Waals surface area contributed by atoms with Gasteiger partial charge in [0.2, 0.25) is 5.91 Å². The molecule has 0 atom stereocenters. The summed E-state index contributed by atoms with van der Waals surface area (Å²) in [5.41, 5.74) is 1.85. The zero-order chi connectivity index (χ0) is 21.1. The van der Waals surface area contributed by atoms with Crippen LogP contribution in [-0.4, -0.2) is 24.8 Å². The van der Waals surface area contributed by atoms with Crippen molar-refractivity contribution in [1.29, 1.82) is 0 Å². The van der Waals surface area contributed by atoms with Gasteiger partial charge in [0, 0.05) is 13.0 Å². The first-order valence-electron chi connectivity index (χ1n) is 10.6. The van der Waals surface area contributed by atoms with Crippen molar-refractivity contribution in [3.63, 3.8) is 0 Å². The van der Waals surface area contributed by atoms with E-state index in [4.69, 9.17) is 4.84 Å². The molecule has 0 heterocycles. The Bertz CT molecular complexity index is 430. The van der Waals surface area contributed by atoms with Crippen LogP contribution in [0.1, 0.15) is 107 Å². The predicted octanol–water partition coefficient (Wildman–Crippen LogP) is 6.34. The molecular weight excluding hydrogens is 336 g/mol. The summed E-state index contributed by atoms with van der Waals surface area (Å²) in [5, 5.41) is 7.44. The maximum absolute atomic E-state index is 11.8. The van der Waals surface area contributed by atoms with Gasteiger partial charge in [0.1, 0.15) is 6.61 Å². The number of hydrogen-bond acceptors (Lipinski definition) is 3. The highest BCUT2D eigenvalue weighted by molar-refractivity contribution is 5.85. The van der Waals surface area contributed by atoms with Crippen molar-refractivity contribution in [3.8, 4) is 0 Å². The Balaban J connectivity index is 4.00. The first-order valence-corrected chi connectivity index (χ1v) is 10.6. The molecular formula is C23H46N2O2. The van der Waals surface area contributed by atoms with Gasteiger partial charge in [-0.2, -0.15) is 0 Å². The molecule has 0 aliphatic carbocycles. The molecule has 0 aromatic heterocycles. The molecule has 0 aromatic carbocycles. The van der Waals surface area contributed by atoms with Crippen LogP contribution in [0.4, 0.5) is 0 Å². The van der Waals surface area contributed by atoms with E-state index < -0.39 is 0 Å². The minimum atomic E-state index is 0.163. The van der Waals surface area contributed by atoms with Crippen LogP contribution < -0.4 is 5.32 Å². The summed E-state index contributed by atoms with van der Waals surface area (Å²) in [7, 11) is 0. The number of hydrogen-bond donors (Lipinski definition) is 1. The quantitative estimate of drug-likeness (QED) is 0.257. The molecule has 4 heteroatoms. The molecule has 0 saturated carbocycles. The van der Waals surface area contributed by atoms with Crippen molar-refractivity contribution in [2.75, 3.05) is 13.2 Å². The summed E-state index contributed by atoms with van der Waals surface area (Å²) >= 11 is 0. The van der Waals surface area contributed by atoms with E-state index in [0.717, 1.165) is 50.8 Å². The van der Waals surface area contributed by atoms with Gasteiger partial charge in [0.05, 0.1) is 5.71 Å². The molecule has 27 heavy (non-hydrogen) atoms. The lowest BCUT2D eigenvalue weighted by molar-refractivity contribution is -0.121. The fourth-order valence-electron chi connectivity index (χ4n) is 2.78. The minimum Gasteiger partial charge on any atom is -0.396 e. The highest BCUT2D eigenvalue weighted by Gasteiger charge is 2.20. The van der Waals surface area contributed by atoms with Crippen molar-refractivity contribution in [2.45, 2.75) is 107 Å². The molecule has 0 aromatic rings. The lowest BCUT2D eigenvalue weighted by atomic mass is 9.82. The number of oxime groups is 1. The van der Waals surface area contributed by atoms with Gasteiger partial charge in [-0.05, 0) is 54.8 Å². The zero-order valence-electron chi connectivity index (χ0n) is 19.6. The standard InChI is InChI=1S/C23H46N2O2/c1-21(2,3)14-15-24-20(26)13-11-10-12-16-27-25-19(17-22(4,5)6)18-23(7,8)9/h10-18H2,1-9H3,(H,24,26). The lowest BCUT2D eigenvalue weighted by Gasteiger charge is -2.24. The number of nitrogens with zero attached hydrogens (tertiary/aromatic N) is 1. The van der Waals surface area contributed by atoms with Crippen molar-refractivity contribution >= 4 is 11.6 Å². The Hall–Kier alpha value is -1.06. The molecule has 0 spiro atoms. The van der Waals surface area contributed by atoms with Gasteiger partial charge in [-0.3, -0.25) is 4.79 Å². The van der Waals surface area contributed by atoms with Crippen molar-refractivity contribution in [3.05, 3.63) is 0 Å². The molecule has 160 valence electrons. The number of carbonyl (C=O) groups is 1. The van der Waals surface area contributed by atoms with E-state index in [-0.39, 0.29) is 22.2 Å². The summed E-state index contributed by atoms with van der Waals surface area (Å²) in [6.07, 6.45) is 6.37. The number of amides is 1. The molecule has 0 radical (unpaired) electrons. The van der Waals surface area contributed by atoms with Crippen molar-refractivity contribution in [2.24, 2.45) is 21.4 Å². The third kappa shape index (κ3) is 19.5. The predicted molar refractivity (Wildman–Crippen MR) is 117 cm³/mol. The first-order chi connectivity index (χ1) is 12.2. The van der Waals surface area contributed by atoms with Gasteiger partial charge in [0.15, 0.2) is 0 Å². The molecule has 0 bridgehead atoms. The zero-order valence-corrected chi connectivity index (χ0v) is 19.6. The molecule has 0 aliphatic heterocycles. The van der Waals surface area contributed by atoms with E-state index in [9.17, 15) is 4.79 Å². The van der Waals surface area contributed by atoms with Gasteiger partial charge in [0.25, 0.3) is 0 Å². The Morgan fingerprint density at radius 1 is 0.815 bits per heavy atom. The second kappa shape index (κ2) is 11.7. The van der Waals surface area contributed by atoms with Crippen LogP contribution in [0.5, 0.6) is 0 Å². The van der Waals surface area contributed by atoms with Crippen LogP contribution in [0.3, 0.4) is 0 Å². The average Bonchev–Trinajstić information content (AvgIpc) is 2.41. The maximum atomic E-state index is 11.8. The third-order valence-corrected chi connectivity index (χ3v) is 4.00. The molecule has 1 N–H and O–H groups in total. The Kier molecular flexibility index (Phi) is 11.2. The van der Waals surface area contributed by atoms with Crippen molar-refractivity contribution < 1.29 is 9.63 Å². The van der Waals surface area contributed by atoms with Crippen LogP contribution >= 0.6 is 0 Å². The average molecular weight is 383 g/mol. The fourth-order valence-corrected chi connectivity index (χ4v) is 2.78. The summed E-state index contributed by atoms with van der Waals surface area (Å²) < 4.78 is 0. The van der Waals surface area contributed by atoms with Gasteiger partial charge in [-0.25, -0.2) is 0 Å². The van der Waals surface area contributed by atoms with E-state index in [2.05, 4.69) is 72.8 Å². The topological polar surface area (TPSA) is 50.7 Å². The lowest BCUT2D eigenvalue weighted by Crippen LogP contribution is -2.26. The normalized spacial score (nSPS) is 12.6. The number of unbranched alkanes of at least 4 members (excludes halogenated alkanes) is 2. The fraction of sp³-hybridized carbons (Fsp3) is 0.913. The van der Waals surface area contributed by atoms with E-state index in [1.807, 2.05) is 0 Å². The second-order valence-corrected chi connectivity index (χ2v) is 11.4. The number of carbonyl (C=O) groups excluding carboxylic acids is 1. The van der Waals surface area contributed by atoms with Gasteiger partial charge < -0.3 is 10.2 Å². The number of rotatable bonds is 11. The van der Waals surface area contributed by atoms with Crippen LogP contribution in [0, 0.1) is 16.2 Å². The number of nitrogens with one attached hydrogen (secondary N) is 1. The Morgan fingerprint density at radius 2 is 1.37 bits per heavy atom. The van der Waals surface area contributed by atoms with E-state index in [1.54, 1.807) is 0 Å². The van der Waals surface area contributed by atoms with Gasteiger partial charge in [-0.1, -0.05) is 67.5 Å². The third-order valence-electron chi connectivity index (χ3n) is 4.00. The second-order valence-electron chi connectivity index (χ2n) is 11.4. The SMILES string of the molecule is CC(C)(C)CCNC(=O)CCCCCON=C(CC(C)(C)C)CC(C)(C)C. The molecule has 0 saturated heterocycles. The molecule has 4 nitrogen and oxygen atoms in total. The van der Waals surface area contributed by atoms with Crippen molar-refractivity contribution in [1.82, 2.24) is 5.32 Å². The van der Waals surface area contributed by atoms with E-state index in [0.29, 0.717) is 13.0 Å². The molecule has 0 rings (SSSR count). The summed E-state index contributed by atoms with van der Waals surface area (Å²) in [6.45, 7) is 21.4. The summed E-state index contributed by atoms with van der Waals surface area (Å²) in [4.78, 5) is 17.4. The minimum absolute atomic E-state index is 0.163. The van der Waals surface area contributed by atoms with Gasteiger partial charge >= 0.3 is 0 Å². The maximum Gasteiger partial charge on any atom is 0.219 e. The Labute approximate surface area is 168 Å². The van der Waals surface area contributed by atoms with Crippen LogP contribution in [0.2, 0.25) is 0 Å². The first kappa shape index (κ1) is 25.9. The monoisotopic (exact) mass is 382 g/mol. The van der Waals surface area contributed by atoms with Crippen LogP contribution in [-0.2, 0) is 9.63 Å². The van der Waals surface area contributed by atoms with Gasteiger partial charge in [-0.15, -0.1) is 0 Å². The Morgan fingerprint density at radius 3 is 1.85 bits per heavy atom. The molecule has 1 amide bonds. The molecule has 0 fully saturated rings. The summed E-state index contributed by atoms with van der Waals surface area (Å²) in [6, 6.07) is 0. The summed E-state index contributed by atoms with van der Waals surface area (Å²) in [5.74, 6) is 0.163. The van der Waals surface area contributed by atoms with E-state index in [1.165, 1.54) is 0 Å².